The van der Waals surface area contributed by atoms with Crippen LogP contribution in [0.4, 0.5) is 5.69 Å². The van der Waals surface area contributed by atoms with Crippen molar-refractivity contribution in [1.82, 2.24) is 0 Å². The van der Waals surface area contributed by atoms with Crippen molar-refractivity contribution in [2.75, 3.05) is 11.9 Å². The number of fused-ring (bicyclic) bond motifs is 1. The van der Waals surface area contributed by atoms with Crippen LogP contribution in [-0.2, 0) is 10.0 Å². The molecule has 0 N–H and O–H groups in total. The number of hydrogen-bond acceptors (Lipinski definition) is 3. The van der Waals surface area contributed by atoms with E-state index in [9.17, 15) is 13.2 Å². The molecular formula is C16H14N2O3S. The van der Waals surface area contributed by atoms with Gasteiger partial charge in [-0.2, -0.15) is 8.42 Å². The second-order valence-corrected chi connectivity index (χ2v) is 6.71. The number of carbonyl (C=O) groups excluding carboxylic acids is 1. The van der Waals surface area contributed by atoms with Crippen molar-refractivity contribution in [2.45, 2.75) is 11.8 Å². The number of hydrogen-bond donors (Lipinski definition) is 0. The molecule has 5 nitrogen and oxygen atoms in total. The zero-order valence-electron chi connectivity index (χ0n) is 12.1. The minimum atomic E-state index is -3.92. The molecule has 2 aromatic carbocycles. The molecule has 2 aromatic rings. The van der Waals surface area contributed by atoms with Crippen molar-refractivity contribution in [3.05, 3.63) is 59.7 Å². The lowest BCUT2D eigenvalue weighted by Crippen LogP contribution is -2.27. The summed E-state index contributed by atoms with van der Waals surface area (Å²) < 4.78 is 28.5. The highest BCUT2D eigenvalue weighted by atomic mass is 32.2. The second kappa shape index (κ2) is 5.06. The summed E-state index contributed by atoms with van der Waals surface area (Å²) in [6.45, 7) is 1.87. The van der Waals surface area contributed by atoms with E-state index in [0.29, 0.717) is 11.3 Å². The highest BCUT2D eigenvalue weighted by molar-refractivity contribution is 7.90. The molecule has 1 aliphatic rings. The van der Waals surface area contributed by atoms with Crippen molar-refractivity contribution >= 4 is 27.3 Å². The number of Topliss-reactive ketones (excluding diaryl/α,β-unsaturated/α-hetero) is 1. The first-order valence-corrected chi connectivity index (χ1v) is 8.13. The number of amidine groups is 1. The van der Waals surface area contributed by atoms with Gasteiger partial charge >= 0.3 is 0 Å². The Kier molecular flexibility index (Phi) is 3.33. The Bertz CT molecular complexity index is 884. The largest absolute Gasteiger partial charge is 0.325 e. The van der Waals surface area contributed by atoms with E-state index in [4.69, 9.17) is 0 Å². The molecule has 0 atom stereocenters. The van der Waals surface area contributed by atoms with E-state index in [-0.39, 0.29) is 16.5 Å². The highest BCUT2D eigenvalue weighted by Gasteiger charge is 2.33. The van der Waals surface area contributed by atoms with Gasteiger partial charge in [-0.15, -0.1) is 4.40 Å². The van der Waals surface area contributed by atoms with Crippen molar-refractivity contribution in [2.24, 2.45) is 4.40 Å². The molecule has 1 heterocycles. The number of ketones is 1. The van der Waals surface area contributed by atoms with Crippen LogP contribution >= 0.6 is 0 Å². The third-order valence-corrected chi connectivity index (χ3v) is 4.84. The number of carbonyl (C=O) groups is 1. The fourth-order valence-electron chi connectivity index (χ4n) is 2.32. The third kappa shape index (κ3) is 2.31. The number of likely N-dealkylation sites (N-methyl/N-ethyl adjacent to an activating group) is 1. The maximum absolute atomic E-state index is 12.4. The number of anilines is 1. The Balaban J connectivity index is 2.06. The van der Waals surface area contributed by atoms with Gasteiger partial charge < -0.3 is 4.90 Å². The zero-order valence-corrected chi connectivity index (χ0v) is 13.0. The maximum Gasteiger partial charge on any atom is 0.284 e. The number of para-hydroxylation sites is 1. The molecule has 0 saturated heterocycles. The molecular weight excluding hydrogens is 300 g/mol. The van der Waals surface area contributed by atoms with Gasteiger partial charge in [-0.05, 0) is 31.2 Å². The number of benzene rings is 2. The Morgan fingerprint density at radius 1 is 1.00 bits per heavy atom. The summed E-state index contributed by atoms with van der Waals surface area (Å²) in [5, 5.41) is 0. The molecule has 0 unspecified atom stereocenters. The first-order chi connectivity index (χ1) is 10.4. The zero-order chi connectivity index (χ0) is 15.9. The average molecular weight is 314 g/mol. The predicted molar refractivity (Wildman–Crippen MR) is 85.0 cm³/mol. The summed E-state index contributed by atoms with van der Waals surface area (Å²) in [4.78, 5) is 13.9. The fourth-order valence-corrected chi connectivity index (χ4v) is 3.34. The van der Waals surface area contributed by atoms with Crippen LogP contribution in [0.15, 0.2) is 57.8 Å². The van der Waals surface area contributed by atoms with Crippen LogP contribution in [0.3, 0.4) is 0 Å². The summed E-state index contributed by atoms with van der Waals surface area (Å²) in [6.07, 6.45) is 0. The van der Waals surface area contributed by atoms with Crippen molar-refractivity contribution in [3.8, 4) is 0 Å². The van der Waals surface area contributed by atoms with E-state index < -0.39 is 10.0 Å². The van der Waals surface area contributed by atoms with E-state index in [1.807, 2.05) is 6.92 Å². The normalized spacial score (nSPS) is 16.2. The lowest BCUT2D eigenvalue weighted by atomic mass is 10.1. The Labute approximate surface area is 129 Å². The Hall–Kier alpha value is -2.47. The highest BCUT2D eigenvalue weighted by Crippen LogP contribution is 2.28. The molecule has 0 aliphatic carbocycles. The molecule has 0 saturated carbocycles. The third-order valence-electron chi connectivity index (χ3n) is 3.56. The average Bonchev–Trinajstić information content (AvgIpc) is 2.73. The monoisotopic (exact) mass is 314 g/mol. The SMILES string of the molecule is Cc1ccc(S(=O)(=O)/N=C2\C(=O)c3ccccc3N2C)cc1. The molecule has 1 aliphatic heterocycles. The van der Waals surface area contributed by atoms with Gasteiger partial charge in [0.1, 0.15) is 0 Å². The molecule has 0 radical (unpaired) electrons. The van der Waals surface area contributed by atoms with Crippen LogP contribution in [-0.4, -0.2) is 27.1 Å². The standard InChI is InChI=1S/C16H14N2O3S/c1-11-7-9-12(10-8-11)22(20,21)17-16-15(19)13-5-3-4-6-14(13)18(16)2/h3-10H,1-2H3/b17-16+. The predicted octanol–water partition coefficient (Wildman–Crippen LogP) is 2.41. The van der Waals surface area contributed by atoms with Gasteiger partial charge in [0.15, 0.2) is 5.84 Å². The van der Waals surface area contributed by atoms with Gasteiger partial charge in [0.25, 0.3) is 10.0 Å². The number of nitrogens with zero attached hydrogens (tertiary/aromatic N) is 2. The van der Waals surface area contributed by atoms with Crippen molar-refractivity contribution in [1.29, 1.82) is 0 Å². The first-order valence-electron chi connectivity index (χ1n) is 6.69. The first kappa shape index (κ1) is 14.5. The maximum atomic E-state index is 12.4. The minimum Gasteiger partial charge on any atom is -0.325 e. The van der Waals surface area contributed by atoms with E-state index in [2.05, 4.69) is 4.40 Å². The molecule has 3 rings (SSSR count). The molecule has 22 heavy (non-hydrogen) atoms. The number of aryl methyl sites for hydroxylation is 1. The van der Waals surface area contributed by atoms with Crippen LogP contribution in [0.5, 0.6) is 0 Å². The van der Waals surface area contributed by atoms with Crippen molar-refractivity contribution < 1.29 is 13.2 Å². The van der Waals surface area contributed by atoms with Gasteiger partial charge in [0.05, 0.1) is 10.6 Å². The van der Waals surface area contributed by atoms with Crippen LogP contribution < -0.4 is 4.90 Å². The van der Waals surface area contributed by atoms with Gasteiger partial charge in [-0.1, -0.05) is 29.8 Å². The second-order valence-electron chi connectivity index (χ2n) is 5.11. The van der Waals surface area contributed by atoms with Crippen LogP contribution in [0.2, 0.25) is 0 Å². The number of rotatable bonds is 2. The quantitative estimate of drug-likeness (QED) is 0.854. The van der Waals surface area contributed by atoms with E-state index in [1.165, 1.54) is 17.0 Å². The van der Waals surface area contributed by atoms with Crippen LogP contribution in [0, 0.1) is 6.92 Å². The van der Waals surface area contributed by atoms with E-state index in [1.54, 1.807) is 43.4 Å². The van der Waals surface area contributed by atoms with Gasteiger partial charge in [-0.3, -0.25) is 4.79 Å². The van der Waals surface area contributed by atoms with Gasteiger partial charge in [0.2, 0.25) is 5.78 Å². The summed E-state index contributed by atoms with van der Waals surface area (Å²) in [5.41, 5.74) is 2.07. The molecule has 112 valence electrons. The van der Waals surface area contributed by atoms with E-state index in [0.717, 1.165) is 5.56 Å². The summed E-state index contributed by atoms with van der Waals surface area (Å²) in [7, 11) is -2.29. The van der Waals surface area contributed by atoms with Crippen LogP contribution in [0.25, 0.3) is 0 Å². The summed E-state index contributed by atoms with van der Waals surface area (Å²) >= 11 is 0. The summed E-state index contributed by atoms with van der Waals surface area (Å²) in [6, 6.07) is 13.3. The smallest absolute Gasteiger partial charge is 0.284 e. The lowest BCUT2D eigenvalue weighted by Gasteiger charge is -2.11. The molecule has 0 bridgehead atoms. The molecule has 0 aromatic heterocycles. The number of sulfonamides is 1. The lowest BCUT2D eigenvalue weighted by molar-refractivity contribution is 0.106. The Morgan fingerprint density at radius 2 is 1.64 bits per heavy atom. The molecule has 6 heteroatoms. The topological polar surface area (TPSA) is 66.8 Å². The van der Waals surface area contributed by atoms with E-state index >= 15 is 0 Å². The molecule has 0 spiro atoms. The van der Waals surface area contributed by atoms with Gasteiger partial charge in [-0.25, -0.2) is 0 Å². The Morgan fingerprint density at radius 3 is 2.27 bits per heavy atom. The fraction of sp³-hybridized carbons (Fsp3) is 0.125. The minimum absolute atomic E-state index is 0.0720. The van der Waals surface area contributed by atoms with Crippen LogP contribution in [0.1, 0.15) is 15.9 Å². The molecule has 0 fully saturated rings. The molecule has 0 amide bonds. The van der Waals surface area contributed by atoms with Gasteiger partial charge in [0, 0.05) is 12.6 Å². The van der Waals surface area contributed by atoms with Crippen molar-refractivity contribution in [3.63, 3.8) is 0 Å². The summed E-state index contributed by atoms with van der Waals surface area (Å²) in [5.74, 6) is -0.462.